The van der Waals surface area contributed by atoms with Crippen LogP contribution in [-0.2, 0) is 16.6 Å². The van der Waals surface area contributed by atoms with Crippen molar-refractivity contribution in [1.29, 1.82) is 0 Å². The van der Waals surface area contributed by atoms with E-state index in [1.165, 1.54) is 12.8 Å². The van der Waals surface area contributed by atoms with Crippen LogP contribution in [0.4, 0.5) is 0 Å². The maximum atomic E-state index is 12.6. The van der Waals surface area contributed by atoms with Gasteiger partial charge in [-0.3, -0.25) is 0 Å². The predicted molar refractivity (Wildman–Crippen MR) is 77.9 cm³/mol. The topological polar surface area (TPSA) is 65.2 Å². The van der Waals surface area contributed by atoms with Crippen molar-refractivity contribution in [2.75, 3.05) is 13.1 Å². The molecule has 0 unspecified atom stereocenters. The molecule has 2 aliphatic rings. The number of rotatable bonds is 5. The van der Waals surface area contributed by atoms with E-state index in [2.05, 4.69) is 10.3 Å². The third kappa shape index (κ3) is 3.24. The summed E-state index contributed by atoms with van der Waals surface area (Å²) < 4.78 is 26.8. The Kier molecular flexibility index (Phi) is 4.14. The van der Waals surface area contributed by atoms with Crippen molar-refractivity contribution in [1.82, 2.24) is 14.6 Å². The van der Waals surface area contributed by atoms with E-state index in [0.717, 1.165) is 37.9 Å². The van der Waals surface area contributed by atoms with Gasteiger partial charge in [-0.1, -0.05) is 12.8 Å². The Morgan fingerprint density at radius 3 is 2.55 bits per heavy atom. The summed E-state index contributed by atoms with van der Waals surface area (Å²) in [6, 6.07) is 2.40. The van der Waals surface area contributed by atoms with Gasteiger partial charge in [0.25, 0.3) is 0 Å². The minimum absolute atomic E-state index is 0.409. The van der Waals surface area contributed by atoms with E-state index < -0.39 is 10.0 Å². The fourth-order valence-electron chi connectivity index (χ4n) is 2.64. The molecule has 1 aliphatic carbocycles. The molecule has 0 aromatic carbocycles. The Morgan fingerprint density at radius 2 is 1.90 bits per heavy atom. The quantitative estimate of drug-likeness (QED) is 0.871. The second-order valence-electron chi connectivity index (χ2n) is 5.83. The Labute approximate surface area is 120 Å². The van der Waals surface area contributed by atoms with Crippen molar-refractivity contribution in [3.8, 4) is 0 Å². The van der Waals surface area contributed by atoms with Gasteiger partial charge in [0.05, 0.1) is 4.90 Å². The van der Waals surface area contributed by atoms with E-state index >= 15 is 0 Å². The van der Waals surface area contributed by atoms with Gasteiger partial charge in [0.15, 0.2) is 0 Å². The molecule has 0 amide bonds. The number of aromatic nitrogens is 1. The Hall–Kier alpha value is -0.850. The van der Waals surface area contributed by atoms with Crippen molar-refractivity contribution >= 4 is 10.0 Å². The molecule has 5 nitrogen and oxygen atoms in total. The first-order valence-electron chi connectivity index (χ1n) is 7.57. The summed E-state index contributed by atoms with van der Waals surface area (Å²) in [6.45, 7) is 2.03. The second-order valence-corrected chi connectivity index (χ2v) is 7.77. The third-order valence-electron chi connectivity index (χ3n) is 4.08. The molecule has 1 aromatic rings. The Balaban J connectivity index is 1.69. The summed E-state index contributed by atoms with van der Waals surface area (Å²) in [5.41, 5.74) is 0.949. The summed E-state index contributed by atoms with van der Waals surface area (Å²) >= 11 is 0. The highest BCUT2D eigenvalue weighted by Gasteiger charge is 2.26. The van der Waals surface area contributed by atoms with E-state index in [1.807, 2.05) is 0 Å². The van der Waals surface area contributed by atoms with Crippen molar-refractivity contribution in [3.05, 3.63) is 18.0 Å². The highest BCUT2D eigenvalue weighted by molar-refractivity contribution is 7.89. The van der Waals surface area contributed by atoms with Crippen LogP contribution in [0.1, 0.15) is 44.2 Å². The summed E-state index contributed by atoms with van der Waals surface area (Å²) in [5, 5.41) is 3.39. The number of hydrogen-bond donors (Lipinski definition) is 2. The number of hydrogen-bond acceptors (Lipinski definition) is 3. The molecule has 1 aromatic heterocycles. The van der Waals surface area contributed by atoms with E-state index in [1.54, 1.807) is 16.6 Å². The van der Waals surface area contributed by atoms with E-state index in [0.29, 0.717) is 24.0 Å². The summed E-state index contributed by atoms with van der Waals surface area (Å²) in [5.74, 6) is 0. The van der Waals surface area contributed by atoms with Crippen LogP contribution < -0.4 is 5.32 Å². The molecule has 20 heavy (non-hydrogen) atoms. The summed E-state index contributed by atoms with van der Waals surface area (Å²) in [7, 11) is -3.31. The minimum Gasteiger partial charge on any atom is -0.363 e. The van der Waals surface area contributed by atoms with Crippen LogP contribution in [0.3, 0.4) is 0 Å². The van der Waals surface area contributed by atoms with Crippen LogP contribution >= 0.6 is 0 Å². The first-order valence-corrected chi connectivity index (χ1v) is 9.01. The summed E-state index contributed by atoms with van der Waals surface area (Å²) in [4.78, 5) is 3.49. The molecule has 1 aliphatic heterocycles. The molecule has 0 atom stereocenters. The smallest absolute Gasteiger partial charge is 0.244 e. The van der Waals surface area contributed by atoms with Crippen molar-refractivity contribution in [2.24, 2.45) is 0 Å². The van der Waals surface area contributed by atoms with Crippen molar-refractivity contribution in [3.63, 3.8) is 0 Å². The highest BCUT2D eigenvalue weighted by Crippen LogP contribution is 2.22. The molecule has 3 rings (SSSR count). The molecule has 2 fully saturated rings. The SMILES string of the molecule is O=S(=O)(c1c[nH]c(CNC2CC2)c1)N1CCCCCC1. The average molecular weight is 297 g/mol. The lowest BCUT2D eigenvalue weighted by atomic mass is 10.2. The second kappa shape index (κ2) is 5.87. The Morgan fingerprint density at radius 1 is 1.20 bits per heavy atom. The zero-order chi connectivity index (χ0) is 14.0. The normalized spacial score (nSPS) is 21.8. The molecule has 6 heteroatoms. The van der Waals surface area contributed by atoms with Gasteiger partial charge in [0.2, 0.25) is 10.0 Å². The number of aromatic amines is 1. The van der Waals surface area contributed by atoms with Gasteiger partial charge >= 0.3 is 0 Å². The minimum atomic E-state index is -3.31. The largest absolute Gasteiger partial charge is 0.363 e. The van der Waals surface area contributed by atoms with Gasteiger partial charge in [-0.05, 0) is 31.7 Å². The highest BCUT2D eigenvalue weighted by atomic mass is 32.2. The number of H-pyrrole nitrogens is 1. The standard InChI is InChI=1S/C14H23N3O2S/c18-20(19,17-7-3-1-2-4-8-17)14-9-13(16-11-14)10-15-12-5-6-12/h9,11-12,15-16H,1-8,10H2. The first kappa shape index (κ1) is 14.1. The lowest BCUT2D eigenvalue weighted by molar-refractivity contribution is 0.424. The fourth-order valence-corrected chi connectivity index (χ4v) is 4.18. The monoisotopic (exact) mass is 297 g/mol. The van der Waals surface area contributed by atoms with Crippen LogP contribution in [0, 0.1) is 0 Å². The fraction of sp³-hybridized carbons (Fsp3) is 0.714. The molecule has 2 N–H and O–H groups in total. The van der Waals surface area contributed by atoms with Crippen LogP contribution in [0.5, 0.6) is 0 Å². The van der Waals surface area contributed by atoms with Crippen LogP contribution in [0.25, 0.3) is 0 Å². The lowest BCUT2D eigenvalue weighted by Gasteiger charge is -2.18. The Bertz CT molecular complexity index is 541. The zero-order valence-corrected chi connectivity index (χ0v) is 12.6. The summed E-state index contributed by atoms with van der Waals surface area (Å²) in [6.07, 6.45) is 8.31. The number of sulfonamides is 1. The van der Waals surface area contributed by atoms with E-state index in [9.17, 15) is 8.42 Å². The van der Waals surface area contributed by atoms with Crippen molar-refractivity contribution < 1.29 is 8.42 Å². The van der Waals surface area contributed by atoms with Gasteiger partial charge in [0, 0.05) is 37.6 Å². The van der Waals surface area contributed by atoms with Gasteiger partial charge in [-0.15, -0.1) is 0 Å². The molecular weight excluding hydrogens is 274 g/mol. The predicted octanol–water partition coefficient (Wildman–Crippen LogP) is 1.83. The third-order valence-corrected chi connectivity index (χ3v) is 5.95. The molecule has 0 spiro atoms. The van der Waals surface area contributed by atoms with Crippen LogP contribution in [0.15, 0.2) is 17.2 Å². The first-order chi connectivity index (χ1) is 9.66. The molecule has 112 valence electrons. The van der Waals surface area contributed by atoms with Crippen LogP contribution in [-0.4, -0.2) is 36.8 Å². The van der Waals surface area contributed by atoms with E-state index in [4.69, 9.17) is 0 Å². The number of nitrogens with zero attached hydrogens (tertiary/aromatic N) is 1. The maximum absolute atomic E-state index is 12.6. The lowest BCUT2D eigenvalue weighted by Crippen LogP contribution is -2.31. The van der Waals surface area contributed by atoms with Crippen LogP contribution in [0.2, 0.25) is 0 Å². The molecule has 0 radical (unpaired) electrons. The van der Waals surface area contributed by atoms with Gasteiger partial charge < -0.3 is 10.3 Å². The average Bonchev–Trinajstić information content (AvgIpc) is 3.19. The molecule has 1 saturated carbocycles. The molecule has 0 bridgehead atoms. The van der Waals surface area contributed by atoms with Crippen molar-refractivity contribution in [2.45, 2.75) is 56.0 Å². The molecule has 2 heterocycles. The number of nitrogens with one attached hydrogen (secondary N) is 2. The van der Waals surface area contributed by atoms with Gasteiger partial charge in [-0.25, -0.2) is 8.42 Å². The maximum Gasteiger partial charge on any atom is 0.244 e. The molecular formula is C14H23N3O2S. The van der Waals surface area contributed by atoms with E-state index in [-0.39, 0.29) is 0 Å². The zero-order valence-electron chi connectivity index (χ0n) is 11.8. The van der Waals surface area contributed by atoms with Gasteiger partial charge in [0.1, 0.15) is 0 Å². The molecule has 1 saturated heterocycles. The van der Waals surface area contributed by atoms with Gasteiger partial charge in [-0.2, -0.15) is 4.31 Å².